The number of rotatable bonds is 3. The fourth-order valence-electron chi connectivity index (χ4n) is 1.14. The van der Waals surface area contributed by atoms with E-state index in [1.54, 1.807) is 6.92 Å². The summed E-state index contributed by atoms with van der Waals surface area (Å²) in [6.45, 7) is 1.54. The maximum Gasteiger partial charge on any atom is 0.465 e. The second-order valence-electron chi connectivity index (χ2n) is 3.62. The molecule has 0 aromatic heterocycles. The van der Waals surface area contributed by atoms with E-state index in [0.29, 0.717) is 5.56 Å². The number of carbonyl (C=O) groups is 1. The Hall–Kier alpha value is -1.86. The van der Waals surface area contributed by atoms with Crippen LogP contribution in [0.5, 0.6) is 11.5 Å². The molecule has 0 atom stereocenters. The Morgan fingerprint density at radius 1 is 1.11 bits per heavy atom. The Bertz CT molecular complexity index is 482. The lowest BCUT2D eigenvalue weighted by Crippen LogP contribution is -2.46. The van der Waals surface area contributed by atoms with Crippen molar-refractivity contribution in [2.45, 2.75) is 19.0 Å². The zero-order valence-corrected chi connectivity index (χ0v) is 9.85. The van der Waals surface area contributed by atoms with Gasteiger partial charge in [-0.3, -0.25) is 0 Å². The Morgan fingerprint density at radius 3 is 2.16 bits per heavy atom. The molecule has 0 aliphatic rings. The van der Waals surface area contributed by atoms with Gasteiger partial charge in [-0.15, -0.1) is 0 Å². The third-order valence-electron chi connectivity index (χ3n) is 2.13. The second-order valence-corrected chi connectivity index (χ2v) is 3.62. The van der Waals surface area contributed by atoms with Gasteiger partial charge in [-0.25, -0.2) is 4.79 Å². The minimum absolute atomic E-state index is 0.128. The smallest absolute Gasteiger partial charge is 0.465 e. The molecule has 0 unspecified atom stereocenters. The predicted octanol–water partition coefficient (Wildman–Crippen LogP) is 3.11. The number of benzene rings is 1. The molecule has 3 nitrogen and oxygen atoms in total. The Balaban J connectivity index is 3.03. The maximum atomic E-state index is 12.7. The summed E-state index contributed by atoms with van der Waals surface area (Å²) >= 11 is 0. The lowest BCUT2D eigenvalue weighted by atomic mass is 10.2. The molecule has 1 aromatic carbocycles. The SMILES string of the molecule is COc1ccc(C)cc1OC(=O)C(F)(F)C(F)(F)F. The summed E-state index contributed by atoms with van der Waals surface area (Å²) < 4.78 is 70.1. The van der Waals surface area contributed by atoms with Crippen molar-refractivity contribution in [3.63, 3.8) is 0 Å². The van der Waals surface area contributed by atoms with Crippen molar-refractivity contribution < 1.29 is 36.2 Å². The van der Waals surface area contributed by atoms with E-state index in [1.165, 1.54) is 12.1 Å². The molecule has 0 amide bonds. The van der Waals surface area contributed by atoms with Gasteiger partial charge in [0.15, 0.2) is 11.5 Å². The van der Waals surface area contributed by atoms with Gasteiger partial charge < -0.3 is 9.47 Å². The molecule has 0 fully saturated rings. The van der Waals surface area contributed by atoms with E-state index >= 15 is 0 Å². The number of hydrogen-bond acceptors (Lipinski definition) is 3. The second kappa shape index (κ2) is 5.02. The third-order valence-corrected chi connectivity index (χ3v) is 2.13. The van der Waals surface area contributed by atoms with E-state index in [-0.39, 0.29) is 5.75 Å². The quantitative estimate of drug-likeness (QED) is 0.486. The summed E-state index contributed by atoms with van der Waals surface area (Å²) in [5.41, 5.74) is 0.499. The average molecular weight is 284 g/mol. The van der Waals surface area contributed by atoms with Gasteiger partial charge in [-0.05, 0) is 24.6 Å². The fraction of sp³-hybridized carbons (Fsp3) is 0.364. The van der Waals surface area contributed by atoms with Crippen molar-refractivity contribution in [3.05, 3.63) is 23.8 Å². The van der Waals surface area contributed by atoms with E-state index in [2.05, 4.69) is 4.74 Å². The molecule has 0 heterocycles. The van der Waals surface area contributed by atoms with Gasteiger partial charge >= 0.3 is 18.1 Å². The summed E-state index contributed by atoms with van der Waals surface area (Å²) in [5.74, 6) is -8.92. The van der Waals surface area contributed by atoms with Crippen molar-refractivity contribution in [1.82, 2.24) is 0 Å². The molecule has 1 rings (SSSR count). The Kier molecular flexibility index (Phi) is 4.02. The number of halogens is 5. The molecule has 0 N–H and O–H groups in total. The van der Waals surface area contributed by atoms with E-state index in [9.17, 15) is 26.7 Å². The molecule has 0 bridgehead atoms. The van der Waals surface area contributed by atoms with Crippen molar-refractivity contribution in [2.24, 2.45) is 0 Å². The summed E-state index contributed by atoms with van der Waals surface area (Å²) in [5, 5.41) is 0. The molecule has 106 valence electrons. The highest BCUT2D eigenvalue weighted by atomic mass is 19.4. The first-order chi connectivity index (χ1) is 8.59. The number of alkyl halides is 5. The standard InChI is InChI=1S/C11H9F5O3/c1-6-3-4-7(18-2)8(5-6)19-9(17)10(12,13)11(14,15)16/h3-5H,1-2H3. The maximum absolute atomic E-state index is 12.7. The molecule has 0 radical (unpaired) electrons. The lowest BCUT2D eigenvalue weighted by molar-refractivity contribution is -0.276. The topological polar surface area (TPSA) is 35.5 Å². The molecule has 0 spiro atoms. The number of aryl methyl sites for hydroxylation is 1. The van der Waals surface area contributed by atoms with Crippen LogP contribution >= 0.6 is 0 Å². The zero-order chi connectivity index (χ0) is 14.8. The fourth-order valence-corrected chi connectivity index (χ4v) is 1.14. The van der Waals surface area contributed by atoms with Crippen LogP contribution < -0.4 is 9.47 Å². The van der Waals surface area contributed by atoms with Gasteiger partial charge in [0.25, 0.3) is 0 Å². The number of methoxy groups -OCH3 is 1. The molecule has 0 aliphatic heterocycles. The summed E-state index contributed by atoms with van der Waals surface area (Å²) in [7, 11) is 1.16. The summed E-state index contributed by atoms with van der Waals surface area (Å²) in [6.07, 6.45) is -6.01. The van der Waals surface area contributed by atoms with Crippen molar-refractivity contribution in [2.75, 3.05) is 7.11 Å². The van der Waals surface area contributed by atoms with Crippen molar-refractivity contribution in [3.8, 4) is 11.5 Å². The van der Waals surface area contributed by atoms with Crippen LogP contribution in [0.2, 0.25) is 0 Å². The molecule has 19 heavy (non-hydrogen) atoms. The lowest BCUT2D eigenvalue weighted by Gasteiger charge is -2.18. The van der Waals surface area contributed by atoms with Gasteiger partial charge in [0.1, 0.15) is 0 Å². The van der Waals surface area contributed by atoms with Crippen molar-refractivity contribution >= 4 is 5.97 Å². The average Bonchev–Trinajstić information content (AvgIpc) is 2.27. The third kappa shape index (κ3) is 3.12. The minimum atomic E-state index is -6.01. The Labute approximate surface area is 104 Å². The number of carbonyl (C=O) groups excluding carboxylic acids is 1. The summed E-state index contributed by atoms with van der Waals surface area (Å²) in [4.78, 5) is 10.9. The molecular weight excluding hydrogens is 275 g/mol. The number of ether oxygens (including phenoxy) is 2. The zero-order valence-electron chi connectivity index (χ0n) is 9.85. The van der Waals surface area contributed by atoms with E-state index in [1.807, 2.05) is 0 Å². The van der Waals surface area contributed by atoms with Crippen LogP contribution in [0.15, 0.2) is 18.2 Å². The monoisotopic (exact) mass is 284 g/mol. The van der Waals surface area contributed by atoms with Crippen molar-refractivity contribution in [1.29, 1.82) is 0 Å². The van der Waals surface area contributed by atoms with Gasteiger partial charge in [-0.1, -0.05) is 6.07 Å². The first-order valence-electron chi connectivity index (χ1n) is 4.91. The van der Waals surface area contributed by atoms with Crippen LogP contribution in [-0.2, 0) is 4.79 Å². The van der Waals surface area contributed by atoms with Crippen LogP contribution in [0.25, 0.3) is 0 Å². The highest BCUT2D eigenvalue weighted by molar-refractivity contribution is 5.81. The first-order valence-corrected chi connectivity index (χ1v) is 4.91. The highest BCUT2D eigenvalue weighted by Crippen LogP contribution is 2.38. The van der Waals surface area contributed by atoms with E-state index in [4.69, 9.17) is 4.74 Å². The largest absolute Gasteiger partial charge is 0.493 e. The molecule has 0 aliphatic carbocycles. The highest BCUT2D eigenvalue weighted by Gasteiger charge is 2.65. The van der Waals surface area contributed by atoms with E-state index < -0.39 is 23.8 Å². The Morgan fingerprint density at radius 2 is 1.68 bits per heavy atom. The molecule has 8 heteroatoms. The van der Waals surface area contributed by atoms with E-state index in [0.717, 1.165) is 13.2 Å². The predicted molar refractivity (Wildman–Crippen MR) is 54.4 cm³/mol. The van der Waals surface area contributed by atoms with Crippen LogP contribution in [0.1, 0.15) is 5.56 Å². The van der Waals surface area contributed by atoms with Crippen LogP contribution in [0.3, 0.4) is 0 Å². The number of esters is 1. The van der Waals surface area contributed by atoms with Crippen LogP contribution in [-0.4, -0.2) is 25.2 Å². The summed E-state index contributed by atoms with van der Waals surface area (Å²) in [6, 6.07) is 3.91. The molecule has 0 saturated heterocycles. The van der Waals surface area contributed by atoms with Gasteiger partial charge in [0.2, 0.25) is 0 Å². The normalized spacial score (nSPS) is 12.2. The van der Waals surface area contributed by atoms with Crippen LogP contribution in [0, 0.1) is 6.92 Å². The molecule has 0 saturated carbocycles. The van der Waals surface area contributed by atoms with Gasteiger partial charge in [0, 0.05) is 0 Å². The minimum Gasteiger partial charge on any atom is -0.493 e. The molecular formula is C11H9F5O3. The van der Waals surface area contributed by atoms with Gasteiger partial charge in [0.05, 0.1) is 7.11 Å². The first kappa shape index (κ1) is 15.2. The molecule has 1 aromatic rings. The number of hydrogen-bond donors (Lipinski definition) is 0. The van der Waals surface area contributed by atoms with Crippen LogP contribution in [0.4, 0.5) is 22.0 Å². The van der Waals surface area contributed by atoms with Gasteiger partial charge in [-0.2, -0.15) is 22.0 Å².